The quantitative estimate of drug-likeness (QED) is 0.315. The molecule has 0 radical (unpaired) electrons. The van der Waals surface area contributed by atoms with Gasteiger partial charge in [0.15, 0.2) is 5.75 Å². The van der Waals surface area contributed by atoms with Crippen LogP contribution in [0.15, 0.2) is 60.5 Å². The van der Waals surface area contributed by atoms with Gasteiger partial charge in [-0.15, -0.1) is 0 Å². The number of benzene rings is 1. The number of methoxy groups -OCH3 is 2. The van der Waals surface area contributed by atoms with E-state index in [9.17, 15) is 9.18 Å². The number of carbonyl (C=O) groups excluding carboxylic acids is 1. The van der Waals surface area contributed by atoms with Crippen molar-refractivity contribution in [1.82, 2.24) is 20.1 Å². The largest absolute Gasteiger partial charge is 0.497 e. The monoisotopic (exact) mass is 579 g/mol. The number of ether oxygens (including phenoxy) is 4. The lowest BCUT2D eigenvalue weighted by Crippen LogP contribution is -2.43. The maximum absolute atomic E-state index is 14.9. The number of aromatic nitrogens is 3. The second-order valence-corrected chi connectivity index (χ2v) is 11.1. The molecule has 1 atom stereocenters. The molecule has 42 heavy (non-hydrogen) atoms. The van der Waals surface area contributed by atoms with Crippen LogP contribution in [-0.4, -0.2) is 47.2 Å². The zero-order chi connectivity index (χ0) is 30.5. The van der Waals surface area contributed by atoms with Gasteiger partial charge < -0.3 is 30.0 Å². The molecule has 1 unspecified atom stereocenters. The summed E-state index contributed by atoms with van der Waals surface area (Å²) in [5.41, 5.74) is 8.24. The lowest BCUT2D eigenvalue weighted by atomic mass is 9.77. The SMILES string of the molecule is COC1=CCC(CNC(=O)OC(C)(C)C)(c2ccc(F)c(COCc3cc(N)c(OC)c(-c4ccn(C)n4)c3)n2)C=C1. The topological polar surface area (TPSA) is 123 Å². The van der Waals surface area contributed by atoms with Crippen LogP contribution in [0.3, 0.4) is 0 Å². The zero-order valence-electron chi connectivity index (χ0n) is 24.9. The van der Waals surface area contributed by atoms with Gasteiger partial charge in [-0.3, -0.25) is 9.67 Å². The van der Waals surface area contributed by atoms with E-state index in [-0.39, 0.29) is 25.5 Å². The number of allylic oxidation sites excluding steroid dienone is 2. The number of anilines is 1. The molecule has 4 rings (SSSR count). The molecule has 1 amide bonds. The number of alkyl carbamates (subject to hydrolysis) is 1. The molecule has 0 fully saturated rings. The normalized spacial score (nSPS) is 16.6. The van der Waals surface area contributed by atoms with E-state index in [4.69, 9.17) is 24.7 Å². The summed E-state index contributed by atoms with van der Waals surface area (Å²) in [7, 11) is 4.97. The molecule has 0 aliphatic heterocycles. The number of nitrogens with one attached hydrogen (secondary N) is 1. The van der Waals surface area contributed by atoms with Crippen molar-refractivity contribution in [2.24, 2.45) is 7.05 Å². The number of amides is 1. The third-order valence-corrected chi connectivity index (χ3v) is 6.72. The van der Waals surface area contributed by atoms with Crippen LogP contribution in [0.2, 0.25) is 0 Å². The molecule has 10 nitrogen and oxygen atoms in total. The minimum atomic E-state index is -0.747. The van der Waals surface area contributed by atoms with Gasteiger partial charge in [-0.1, -0.05) is 6.08 Å². The van der Waals surface area contributed by atoms with Crippen molar-refractivity contribution in [2.75, 3.05) is 26.5 Å². The van der Waals surface area contributed by atoms with Crippen molar-refractivity contribution in [3.8, 4) is 17.0 Å². The Hall–Kier alpha value is -4.38. The second-order valence-electron chi connectivity index (χ2n) is 11.1. The number of halogens is 1. The van der Waals surface area contributed by atoms with Crippen LogP contribution in [0.4, 0.5) is 14.9 Å². The van der Waals surface area contributed by atoms with E-state index in [1.807, 2.05) is 43.6 Å². The molecule has 2 aromatic heterocycles. The number of hydrogen-bond acceptors (Lipinski definition) is 8. The van der Waals surface area contributed by atoms with Crippen molar-refractivity contribution >= 4 is 11.8 Å². The van der Waals surface area contributed by atoms with Crippen LogP contribution in [0.25, 0.3) is 11.3 Å². The Morgan fingerprint density at radius 3 is 2.57 bits per heavy atom. The van der Waals surface area contributed by atoms with Crippen LogP contribution in [0.5, 0.6) is 5.75 Å². The highest BCUT2D eigenvalue weighted by atomic mass is 19.1. The molecule has 1 aliphatic rings. The first kappa shape index (κ1) is 30.6. The van der Waals surface area contributed by atoms with Gasteiger partial charge in [0.1, 0.15) is 22.9 Å². The van der Waals surface area contributed by atoms with Gasteiger partial charge in [-0.25, -0.2) is 9.18 Å². The molecule has 2 heterocycles. The molecule has 1 aliphatic carbocycles. The first-order valence-electron chi connectivity index (χ1n) is 13.5. The smallest absolute Gasteiger partial charge is 0.407 e. The van der Waals surface area contributed by atoms with Gasteiger partial charge in [0.2, 0.25) is 0 Å². The highest BCUT2D eigenvalue weighted by Gasteiger charge is 2.34. The van der Waals surface area contributed by atoms with Crippen LogP contribution >= 0.6 is 0 Å². The predicted octanol–water partition coefficient (Wildman–Crippen LogP) is 5.18. The van der Waals surface area contributed by atoms with Crippen molar-refractivity contribution in [2.45, 2.75) is 51.4 Å². The molecular formula is C31H38FN5O5. The van der Waals surface area contributed by atoms with E-state index in [1.165, 1.54) is 6.07 Å². The van der Waals surface area contributed by atoms with E-state index in [1.54, 1.807) is 51.8 Å². The minimum Gasteiger partial charge on any atom is -0.497 e. The second kappa shape index (κ2) is 12.6. The number of pyridine rings is 1. The predicted molar refractivity (Wildman–Crippen MR) is 157 cm³/mol. The lowest BCUT2D eigenvalue weighted by molar-refractivity contribution is 0.0518. The Balaban J connectivity index is 1.53. The molecule has 0 saturated heterocycles. The van der Waals surface area contributed by atoms with Gasteiger partial charge >= 0.3 is 6.09 Å². The van der Waals surface area contributed by atoms with E-state index >= 15 is 0 Å². The number of carbonyl (C=O) groups is 1. The zero-order valence-corrected chi connectivity index (χ0v) is 24.9. The molecule has 3 N–H and O–H groups in total. The Morgan fingerprint density at radius 1 is 1.17 bits per heavy atom. The molecule has 224 valence electrons. The van der Waals surface area contributed by atoms with Crippen molar-refractivity contribution in [3.63, 3.8) is 0 Å². The lowest BCUT2D eigenvalue weighted by Gasteiger charge is -2.32. The number of rotatable bonds is 10. The van der Waals surface area contributed by atoms with Gasteiger partial charge in [-0.2, -0.15) is 5.10 Å². The minimum absolute atomic E-state index is 0.0804. The fourth-order valence-electron chi connectivity index (χ4n) is 4.67. The highest BCUT2D eigenvalue weighted by molar-refractivity contribution is 5.76. The maximum Gasteiger partial charge on any atom is 0.407 e. The summed E-state index contributed by atoms with van der Waals surface area (Å²) in [5, 5.41) is 7.29. The van der Waals surface area contributed by atoms with Gasteiger partial charge in [0.05, 0.1) is 49.9 Å². The molecule has 0 bridgehead atoms. The fraction of sp³-hybridized carbons (Fsp3) is 0.387. The summed E-state index contributed by atoms with van der Waals surface area (Å²) in [6, 6.07) is 8.50. The molecule has 11 heteroatoms. The van der Waals surface area contributed by atoms with Crippen molar-refractivity contribution < 1.29 is 28.1 Å². The Labute approximate surface area is 245 Å². The number of hydrogen-bond donors (Lipinski definition) is 2. The van der Waals surface area contributed by atoms with Crippen LogP contribution in [0, 0.1) is 5.82 Å². The van der Waals surface area contributed by atoms with Gasteiger partial charge in [0.25, 0.3) is 0 Å². The summed E-state index contributed by atoms with van der Waals surface area (Å²) >= 11 is 0. The number of nitrogens with zero attached hydrogens (tertiary/aromatic N) is 3. The number of nitrogen functional groups attached to an aromatic ring is 1. The molecule has 3 aromatic rings. The first-order chi connectivity index (χ1) is 19.9. The van der Waals surface area contributed by atoms with Crippen LogP contribution in [0.1, 0.15) is 44.1 Å². The van der Waals surface area contributed by atoms with Crippen molar-refractivity contribution in [1.29, 1.82) is 0 Å². The standard InChI is InChI=1S/C31H38FN5O5/c1-30(2,3)42-29(38)34-19-31(12-9-21(39-5)10-13-31)27-8-7-23(32)26(35-27)18-41-17-20-15-22(25-11-14-37(4)36-25)28(40-6)24(33)16-20/h7-12,14-16H,13,17-19,33H2,1-6H3,(H,34,38). The molecular weight excluding hydrogens is 541 g/mol. The molecule has 1 aromatic carbocycles. The van der Waals surface area contributed by atoms with E-state index in [0.717, 1.165) is 11.1 Å². The summed E-state index contributed by atoms with van der Waals surface area (Å²) < 4.78 is 38.8. The third-order valence-electron chi connectivity index (χ3n) is 6.72. The summed E-state index contributed by atoms with van der Waals surface area (Å²) in [6.07, 6.45) is 7.39. The molecule has 0 saturated carbocycles. The Morgan fingerprint density at radius 2 is 1.95 bits per heavy atom. The van der Waals surface area contributed by atoms with Crippen LogP contribution in [-0.2, 0) is 39.9 Å². The number of nitrogens with two attached hydrogens (primary N) is 1. The first-order valence-corrected chi connectivity index (χ1v) is 13.5. The number of aryl methyl sites for hydroxylation is 1. The Bertz CT molecular complexity index is 1490. The van der Waals surface area contributed by atoms with E-state index < -0.39 is 22.9 Å². The van der Waals surface area contributed by atoms with Gasteiger partial charge in [-0.05, 0) is 75.2 Å². The molecule has 0 spiro atoms. The fourth-order valence-corrected chi connectivity index (χ4v) is 4.67. The van der Waals surface area contributed by atoms with E-state index in [0.29, 0.717) is 35.0 Å². The van der Waals surface area contributed by atoms with Gasteiger partial charge in [0, 0.05) is 25.4 Å². The summed E-state index contributed by atoms with van der Waals surface area (Å²) in [5.74, 6) is 0.720. The summed E-state index contributed by atoms with van der Waals surface area (Å²) in [6.45, 7) is 5.65. The van der Waals surface area contributed by atoms with E-state index in [2.05, 4.69) is 15.4 Å². The van der Waals surface area contributed by atoms with Crippen molar-refractivity contribution in [3.05, 3.63) is 83.3 Å². The average molecular weight is 580 g/mol. The Kier molecular flexibility index (Phi) is 9.20. The van der Waals surface area contributed by atoms with Crippen LogP contribution < -0.4 is 15.8 Å². The third kappa shape index (κ3) is 7.27. The summed E-state index contributed by atoms with van der Waals surface area (Å²) in [4.78, 5) is 17.1. The average Bonchev–Trinajstić information content (AvgIpc) is 3.38. The highest BCUT2D eigenvalue weighted by Crippen LogP contribution is 2.36. The maximum atomic E-state index is 14.9.